The van der Waals surface area contributed by atoms with Crippen LogP contribution in [0.2, 0.25) is 0 Å². The third-order valence-electron chi connectivity index (χ3n) is 3.33. The van der Waals surface area contributed by atoms with Crippen LogP contribution in [-0.2, 0) is 13.5 Å². The average molecular weight is 244 g/mol. The van der Waals surface area contributed by atoms with E-state index in [4.69, 9.17) is 0 Å². The number of rotatable bonds is 5. The molecule has 0 amide bonds. The third kappa shape index (κ3) is 3.20. The summed E-state index contributed by atoms with van der Waals surface area (Å²) in [5.74, 6) is 1.30. The first-order valence-corrected chi connectivity index (χ1v) is 6.36. The third-order valence-corrected chi connectivity index (χ3v) is 3.33. The fourth-order valence-electron chi connectivity index (χ4n) is 2.21. The van der Waals surface area contributed by atoms with E-state index in [1.54, 1.807) is 6.20 Å². The fraction of sp³-hybridized carbons (Fsp3) is 0.400. The van der Waals surface area contributed by atoms with Gasteiger partial charge in [0.1, 0.15) is 5.82 Å². The summed E-state index contributed by atoms with van der Waals surface area (Å²) in [6.07, 6.45) is 4.70. The van der Waals surface area contributed by atoms with Crippen molar-refractivity contribution in [3.63, 3.8) is 0 Å². The molecular formula is C15H20N2O. The quantitative estimate of drug-likeness (QED) is 0.877. The summed E-state index contributed by atoms with van der Waals surface area (Å²) in [5, 5.41) is 10.1. The van der Waals surface area contributed by atoms with Crippen molar-refractivity contribution in [1.29, 1.82) is 0 Å². The Balaban J connectivity index is 1.92. The second kappa shape index (κ2) is 5.83. The predicted molar refractivity (Wildman–Crippen MR) is 72.4 cm³/mol. The van der Waals surface area contributed by atoms with Crippen LogP contribution < -0.4 is 0 Å². The van der Waals surface area contributed by atoms with Gasteiger partial charge in [-0.1, -0.05) is 37.3 Å². The molecule has 3 heteroatoms. The number of aromatic nitrogens is 2. The minimum atomic E-state index is -0.346. The van der Waals surface area contributed by atoms with Gasteiger partial charge in [-0.2, -0.15) is 0 Å². The maximum atomic E-state index is 10.1. The normalized spacial score (nSPS) is 14.4. The van der Waals surface area contributed by atoms with Crippen molar-refractivity contribution in [2.24, 2.45) is 7.05 Å². The van der Waals surface area contributed by atoms with Crippen LogP contribution >= 0.6 is 0 Å². The Bertz CT molecular complexity index is 478. The summed E-state index contributed by atoms with van der Waals surface area (Å²) >= 11 is 0. The lowest BCUT2D eigenvalue weighted by molar-refractivity contribution is 0.154. The molecule has 0 spiro atoms. The highest BCUT2D eigenvalue weighted by atomic mass is 16.3. The van der Waals surface area contributed by atoms with E-state index in [2.05, 4.69) is 24.0 Å². The monoisotopic (exact) mass is 244 g/mol. The van der Waals surface area contributed by atoms with E-state index in [0.717, 1.165) is 12.2 Å². The molecule has 3 nitrogen and oxygen atoms in total. The molecule has 2 rings (SSSR count). The van der Waals surface area contributed by atoms with Crippen molar-refractivity contribution in [3.05, 3.63) is 54.1 Å². The van der Waals surface area contributed by atoms with E-state index < -0.39 is 0 Å². The van der Waals surface area contributed by atoms with Gasteiger partial charge in [-0.25, -0.2) is 4.98 Å². The van der Waals surface area contributed by atoms with Crippen molar-refractivity contribution in [3.8, 4) is 0 Å². The number of imidazole rings is 1. The first-order valence-electron chi connectivity index (χ1n) is 6.36. The van der Waals surface area contributed by atoms with Gasteiger partial charge in [0.05, 0.1) is 6.10 Å². The molecule has 18 heavy (non-hydrogen) atoms. The largest absolute Gasteiger partial charge is 0.393 e. The zero-order valence-electron chi connectivity index (χ0n) is 11.0. The highest BCUT2D eigenvalue weighted by Gasteiger charge is 2.14. The number of nitrogens with zero attached hydrogens (tertiary/aromatic N) is 2. The lowest BCUT2D eigenvalue weighted by Crippen LogP contribution is -2.16. The zero-order valence-corrected chi connectivity index (χ0v) is 11.0. The topological polar surface area (TPSA) is 38.1 Å². The van der Waals surface area contributed by atoms with Crippen LogP contribution in [0.25, 0.3) is 0 Å². The molecule has 2 unspecified atom stereocenters. The molecule has 1 N–H and O–H groups in total. The van der Waals surface area contributed by atoms with Crippen LogP contribution in [0.15, 0.2) is 42.7 Å². The Labute approximate surface area is 108 Å². The molecule has 0 fully saturated rings. The highest BCUT2D eigenvalue weighted by molar-refractivity contribution is 5.18. The van der Waals surface area contributed by atoms with Crippen molar-refractivity contribution in [1.82, 2.24) is 9.55 Å². The fourth-order valence-corrected chi connectivity index (χ4v) is 2.21. The van der Waals surface area contributed by atoms with Crippen LogP contribution in [0.1, 0.15) is 30.7 Å². The molecule has 2 aromatic rings. The molecule has 2 atom stereocenters. The van der Waals surface area contributed by atoms with Crippen LogP contribution in [0.5, 0.6) is 0 Å². The zero-order chi connectivity index (χ0) is 13.0. The predicted octanol–water partition coefficient (Wildman–Crippen LogP) is 2.52. The van der Waals surface area contributed by atoms with Crippen molar-refractivity contribution in [2.75, 3.05) is 0 Å². The number of benzene rings is 1. The summed E-state index contributed by atoms with van der Waals surface area (Å²) in [6.45, 7) is 2.15. The molecule has 0 saturated carbocycles. The standard InChI is InChI=1S/C15H20N2O/c1-12(13-6-4-3-5-7-13)10-14(18)11-15-16-8-9-17(15)2/h3-9,12,14,18H,10-11H2,1-2H3. The maximum Gasteiger partial charge on any atom is 0.110 e. The maximum absolute atomic E-state index is 10.1. The molecule has 1 aromatic heterocycles. The van der Waals surface area contributed by atoms with E-state index in [1.807, 2.05) is 36.0 Å². The van der Waals surface area contributed by atoms with Gasteiger partial charge in [0.2, 0.25) is 0 Å². The van der Waals surface area contributed by atoms with E-state index in [-0.39, 0.29) is 6.10 Å². The van der Waals surface area contributed by atoms with Crippen molar-refractivity contribution < 1.29 is 5.11 Å². The van der Waals surface area contributed by atoms with Crippen molar-refractivity contribution in [2.45, 2.75) is 31.8 Å². The average Bonchev–Trinajstić information content (AvgIpc) is 2.76. The number of aliphatic hydroxyl groups excluding tert-OH is 1. The Kier molecular flexibility index (Phi) is 4.15. The molecular weight excluding hydrogens is 224 g/mol. The van der Waals surface area contributed by atoms with Crippen LogP contribution in [-0.4, -0.2) is 20.8 Å². The Morgan fingerprint density at radius 1 is 1.28 bits per heavy atom. The SMILES string of the molecule is CC(CC(O)Cc1nccn1C)c1ccccc1. The summed E-state index contributed by atoms with van der Waals surface area (Å²) in [5.41, 5.74) is 1.27. The number of hydrogen-bond donors (Lipinski definition) is 1. The van der Waals surface area contributed by atoms with E-state index >= 15 is 0 Å². The van der Waals surface area contributed by atoms with Gasteiger partial charge in [-0.15, -0.1) is 0 Å². The van der Waals surface area contributed by atoms with Crippen LogP contribution in [0.3, 0.4) is 0 Å². The molecule has 0 saturated heterocycles. The number of hydrogen-bond acceptors (Lipinski definition) is 2. The molecule has 0 bridgehead atoms. The Hall–Kier alpha value is -1.61. The van der Waals surface area contributed by atoms with Gasteiger partial charge in [0.25, 0.3) is 0 Å². The minimum absolute atomic E-state index is 0.346. The van der Waals surface area contributed by atoms with Gasteiger partial charge in [0.15, 0.2) is 0 Å². The van der Waals surface area contributed by atoms with Crippen LogP contribution in [0, 0.1) is 0 Å². The van der Waals surface area contributed by atoms with Gasteiger partial charge in [0, 0.05) is 25.9 Å². The van der Waals surface area contributed by atoms with Gasteiger partial charge >= 0.3 is 0 Å². The highest BCUT2D eigenvalue weighted by Crippen LogP contribution is 2.21. The summed E-state index contributed by atoms with van der Waals surface area (Å²) in [7, 11) is 1.95. The smallest absolute Gasteiger partial charge is 0.110 e. The van der Waals surface area contributed by atoms with E-state index in [0.29, 0.717) is 12.3 Å². The molecule has 0 aliphatic heterocycles. The van der Waals surface area contributed by atoms with Crippen molar-refractivity contribution >= 4 is 0 Å². The second-order valence-electron chi connectivity index (χ2n) is 4.86. The summed E-state index contributed by atoms with van der Waals surface area (Å²) < 4.78 is 1.95. The van der Waals surface area contributed by atoms with E-state index in [1.165, 1.54) is 5.56 Å². The van der Waals surface area contributed by atoms with Gasteiger partial charge in [-0.05, 0) is 17.9 Å². The molecule has 0 radical (unpaired) electrons. The Morgan fingerprint density at radius 3 is 2.61 bits per heavy atom. The molecule has 0 aliphatic rings. The molecule has 96 valence electrons. The lowest BCUT2D eigenvalue weighted by atomic mass is 9.94. The Morgan fingerprint density at radius 2 is 2.00 bits per heavy atom. The first kappa shape index (κ1) is 12.8. The van der Waals surface area contributed by atoms with Gasteiger partial charge < -0.3 is 9.67 Å². The first-order chi connectivity index (χ1) is 8.66. The number of aryl methyl sites for hydroxylation is 1. The molecule has 1 aromatic carbocycles. The van der Waals surface area contributed by atoms with Crippen LogP contribution in [0.4, 0.5) is 0 Å². The van der Waals surface area contributed by atoms with E-state index in [9.17, 15) is 5.11 Å². The summed E-state index contributed by atoms with van der Waals surface area (Å²) in [6, 6.07) is 10.3. The summed E-state index contributed by atoms with van der Waals surface area (Å²) in [4.78, 5) is 4.24. The second-order valence-corrected chi connectivity index (χ2v) is 4.86. The molecule has 1 heterocycles. The minimum Gasteiger partial charge on any atom is -0.393 e. The lowest BCUT2D eigenvalue weighted by Gasteiger charge is -2.16. The molecule has 0 aliphatic carbocycles. The van der Waals surface area contributed by atoms with Gasteiger partial charge in [-0.3, -0.25) is 0 Å². The number of aliphatic hydroxyl groups is 1.